The second-order valence-corrected chi connectivity index (χ2v) is 18.1. The first kappa shape index (κ1) is 46.8. The van der Waals surface area contributed by atoms with Crippen LogP contribution in [0.25, 0.3) is 11.1 Å². The van der Waals surface area contributed by atoms with E-state index in [1.54, 1.807) is 4.90 Å². The molecule has 10 nitrogen and oxygen atoms in total. The van der Waals surface area contributed by atoms with Crippen molar-refractivity contribution < 1.29 is 28.7 Å². The summed E-state index contributed by atoms with van der Waals surface area (Å²) in [5, 5.41) is 8.79. The maximum Gasteiger partial charge on any atom is 0.407 e. The van der Waals surface area contributed by atoms with E-state index in [1.807, 2.05) is 88.4 Å². The molecule has 1 aliphatic carbocycles. The summed E-state index contributed by atoms with van der Waals surface area (Å²) in [6.07, 6.45) is 7.09. The molecule has 3 N–H and O–H groups in total. The Bertz CT molecular complexity index is 1930. The van der Waals surface area contributed by atoms with Crippen LogP contribution in [0.4, 0.5) is 4.79 Å². The molecule has 1 heterocycles. The number of allylic oxidation sites excluding steroid dienone is 1. The van der Waals surface area contributed by atoms with Gasteiger partial charge >= 0.3 is 6.09 Å². The first-order chi connectivity index (χ1) is 29.2. The lowest BCUT2D eigenvalue weighted by molar-refractivity contribution is -0.141. The van der Waals surface area contributed by atoms with Gasteiger partial charge in [-0.2, -0.15) is 0 Å². The zero-order valence-corrected chi connectivity index (χ0v) is 37.3. The molecule has 3 aromatic rings. The van der Waals surface area contributed by atoms with Crippen LogP contribution in [-0.4, -0.2) is 72.3 Å². The molecule has 4 amide bonds. The van der Waals surface area contributed by atoms with Crippen molar-refractivity contribution in [3.63, 3.8) is 0 Å². The number of carbonyl (C=O) groups excluding carboxylic acids is 5. The molecule has 0 unspecified atom stereocenters. The van der Waals surface area contributed by atoms with Crippen molar-refractivity contribution >= 4 is 29.6 Å². The van der Waals surface area contributed by atoms with Crippen molar-refractivity contribution in [1.29, 1.82) is 0 Å². The minimum absolute atomic E-state index is 0.0538. The van der Waals surface area contributed by atoms with Gasteiger partial charge in [0, 0.05) is 37.4 Å². The largest absolute Gasteiger partial charge is 0.449 e. The second-order valence-electron chi connectivity index (χ2n) is 18.1. The molecule has 3 aromatic carbocycles. The Kier molecular flexibility index (Phi) is 17.3. The highest BCUT2D eigenvalue weighted by atomic mass is 16.5. The van der Waals surface area contributed by atoms with Gasteiger partial charge < -0.3 is 25.6 Å². The number of hydrogen-bond acceptors (Lipinski definition) is 6. The molecular weight excluding hydrogens is 765 g/mol. The highest BCUT2D eigenvalue weighted by molar-refractivity contribution is 5.95. The van der Waals surface area contributed by atoms with Crippen LogP contribution in [0.2, 0.25) is 0 Å². The Morgan fingerprint density at radius 2 is 1.44 bits per heavy atom. The lowest BCUT2D eigenvalue weighted by Gasteiger charge is -2.30. The third kappa shape index (κ3) is 13.1. The number of fused-ring (bicyclic) bond motifs is 3. The minimum atomic E-state index is -0.838. The van der Waals surface area contributed by atoms with Crippen molar-refractivity contribution in [3.8, 4) is 11.1 Å². The molecule has 2 aliphatic rings. The van der Waals surface area contributed by atoms with E-state index in [-0.39, 0.29) is 61.0 Å². The van der Waals surface area contributed by atoms with Crippen molar-refractivity contribution in [3.05, 3.63) is 108 Å². The molecule has 0 radical (unpaired) electrons. The number of hydrogen-bond donors (Lipinski definition) is 3. The summed E-state index contributed by atoms with van der Waals surface area (Å²) in [6, 6.07) is 24.6. The van der Waals surface area contributed by atoms with E-state index < -0.39 is 30.0 Å². The average Bonchev–Trinajstić information content (AvgIpc) is 3.85. The van der Waals surface area contributed by atoms with Gasteiger partial charge in [-0.25, -0.2) is 4.79 Å². The van der Waals surface area contributed by atoms with Gasteiger partial charge in [0.1, 0.15) is 12.6 Å². The van der Waals surface area contributed by atoms with E-state index >= 15 is 0 Å². The highest BCUT2D eigenvalue weighted by Crippen LogP contribution is 2.44. The number of Topliss-reactive ketones (excluding diaryl/α,β-unsaturated/α-hetero) is 1. The summed E-state index contributed by atoms with van der Waals surface area (Å²) in [5.74, 6) is -1.46. The van der Waals surface area contributed by atoms with Gasteiger partial charge in [-0.3, -0.25) is 19.2 Å². The number of likely N-dealkylation sites (tertiary alicyclic amines) is 1. The summed E-state index contributed by atoms with van der Waals surface area (Å²) < 4.78 is 5.69. The Labute approximate surface area is 363 Å². The summed E-state index contributed by atoms with van der Waals surface area (Å²) >= 11 is 0. The number of nitrogens with zero attached hydrogens (tertiary/aromatic N) is 1. The Balaban J connectivity index is 1.17. The molecule has 1 aliphatic heterocycles. The third-order valence-electron chi connectivity index (χ3n) is 11.9. The zero-order chi connectivity index (χ0) is 44.1. The summed E-state index contributed by atoms with van der Waals surface area (Å²) in [5.41, 5.74) is 5.62. The van der Waals surface area contributed by atoms with Crippen LogP contribution in [-0.2, 0) is 30.3 Å². The molecule has 0 saturated carbocycles. The monoisotopic (exact) mass is 833 g/mol. The number of ketones is 1. The Hall–Kier alpha value is -5.25. The van der Waals surface area contributed by atoms with Crippen molar-refractivity contribution in [2.45, 2.75) is 117 Å². The Morgan fingerprint density at radius 1 is 0.803 bits per heavy atom. The molecular formula is C51H68N4O6. The molecule has 1 fully saturated rings. The van der Waals surface area contributed by atoms with Gasteiger partial charge in [0.2, 0.25) is 17.7 Å². The van der Waals surface area contributed by atoms with Crippen molar-refractivity contribution in [2.75, 3.05) is 19.7 Å². The van der Waals surface area contributed by atoms with E-state index in [0.29, 0.717) is 50.5 Å². The standard InChI is InChI=1S/C51H68N4O6/c1-33(2)29-36(7)25-26-39(30-37-17-9-8-10-18-37)50(59)55-28-16-24-45(55)49(58)54-47(34(3)4)46(56)31-38(48(57)53-35(5)6)19-15-27-52-51(60)61-32-44-42-22-13-11-20-40(42)41-21-12-14-23-43(41)44/h8-14,17-18,20-23,25-26,33-36,38-39,44-45,47H,15-16,19,24,27-32H2,1-7H3,(H,52,60)(H,53,57)(H,54,58)/b26-25+/t36-,38-,39-,45+,47+/m1/s1. The van der Waals surface area contributed by atoms with Gasteiger partial charge in [-0.1, -0.05) is 126 Å². The summed E-state index contributed by atoms with van der Waals surface area (Å²) in [7, 11) is 0. The topological polar surface area (TPSA) is 134 Å². The lowest BCUT2D eigenvalue weighted by atomic mass is 9.89. The number of rotatable bonds is 21. The number of amides is 4. The SMILES string of the molecule is CC(C)C[C@H](C)/C=C/[C@H](Cc1ccccc1)C(=O)N1CCC[C@H]1C(=O)N[C@H](C(=O)C[C@@H](CCCNC(=O)OCC1c2ccccc2-c2ccccc21)C(=O)NC(C)C)C(C)C. The predicted octanol–water partition coefficient (Wildman–Crippen LogP) is 8.63. The molecule has 10 heteroatoms. The molecule has 328 valence electrons. The summed E-state index contributed by atoms with van der Waals surface area (Å²) in [6.45, 7) is 15.0. The van der Waals surface area contributed by atoms with Crippen LogP contribution in [0.5, 0.6) is 0 Å². The smallest absolute Gasteiger partial charge is 0.407 e. The van der Waals surface area contributed by atoms with E-state index in [1.165, 1.54) is 0 Å². The summed E-state index contributed by atoms with van der Waals surface area (Å²) in [4.78, 5) is 70.3. The molecule has 1 saturated heterocycles. The van der Waals surface area contributed by atoms with Crippen molar-refractivity contribution in [2.24, 2.45) is 29.6 Å². The zero-order valence-electron chi connectivity index (χ0n) is 37.3. The van der Waals surface area contributed by atoms with E-state index in [4.69, 9.17) is 4.74 Å². The Morgan fingerprint density at radius 3 is 2.07 bits per heavy atom. The van der Waals surface area contributed by atoms with Gasteiger partial charge in [0.25, 0.3) is 0 Å². The molecule has 61 heavy (non-hydrogen) atoms. The van der Waals surface area contributed by atoms with Crippen LogP contribution < -0.4 is 16.0 Å². The van der Waals surface area contributed by atoms with Crippen LogP contribution in [0, 0.1) is 29.6 Å². The third-order valence-corrected chi connectivity index (χ3v) is 11.9. The van der Waals surface area contributed by atoms with Gasteiger partial charge in [-0.15, -0.1) is 0 Å². The first-order valence-corrected chi connectivity index (χ1v) is 22.5. The second kappa shape index (κ2) is 22.6. The molecule has 5 rings (SSSR count). The molecule has 0 spiro atoms. The molecule has 0 aromatic heterocycles. The molecule has 5 atom stereocenters. The maximum absolute atomic E-state index is 14.3. The fourth-order valence-corrected chi connectivity index (χ4v) is 8.92. The number of carbonyl (C=O) groups is 5. The van der Waals surface area contributed by atoms with Crippen LogP contribution in [0.3, 0.4) is 0 Å². The van der Waals surface area contributed by atoms with Crippen LogP contribution in [0.15, 0.2) is 91.0 Å². The molecule has 0 bridgehead atoms. The van der Waals surface area contributed by atoms with Crippen LogP contribution >= 0.6 is 0 Å². The van der Waals surface area contributed by atoms with E-state index in [2.05, 4.69) is 67.1 Å². The lowest BCUT2D eigenvalue weighted by Crippen LogP contribution is -2.53. The first-order valence-electron chi connectivity index (χ1n) is 22.5. The number of nitrogens with one attached hydrogen (secondary N) is 3. The fourth-order valence-electron chi connectivity index (χ4n) is 8.92. The van der Waals surface area contributed by atoms with Gasteiger partial charge in [-0.05, 0) is 97.9 Å². The predicted molar refractivity (Wildman–Crippen MR) is 242 cm³/mol. The number of ether oxygens (including phenoxy) is 1. The van der Waals surface area contributed by atoms with Crippen LogP contribution in [0.1, 0.15) is 110 Å². The fraction of sp³-hybridized carbons (Fsp3) is 0.510. The number of benzene rings is 3. The minimum Gasteiger partial charge on any atom is -0.449 e. The van der Waals surface area contributed by atoms with Crippen molar-refractivity contribution in [1.82, 2.24) is 20.9 Å². The van der Waals surface area contributed by atoms with Gasteiger partial charge in [0.05, 0.1) is 12.0 Å². The number of alkyl carbamates (subject to hydrolysis) is 1. The quantitative estimate of drug-likeness (QED) is 0.0728. The highest BCUT2D eigenvalue weighted by Gasteiger charge is 2.39. The van der Waals surface area contributed by atoms with E-state index in [9.17, 15) is 24.0 Å². The average molecular weight is 833 g/mol. The van der Waals surface area contributed by atoms with E-state index in [0.717, 1.165) is 34.2 Å². The normalized spacial score (nSPS) is 16.9. The maximum atomic E-state index is 14.3. The van der Waals surface area contributed by atoms with Gasteiger partial charge in [0.15, 0.2) is 5.78 Å².